The highest BCUT2D eigenvalue weighted by atomic mass is 16.3. The lowest BCUT2D eigenvalue weighted by Crippen LogP contribution is -1.90. The molecular weight excluding hydrogens is 544 g/mol. The van der Waals surface area contributed by atoms with Gasteiger partial charge in [0.25, 0.3) is 0 Å². The van der Waals surface area contributed by atoms with Gasteiger partial charge in [-0.05, 0) is 90.3 Å². The van der Waals surface area contributed by atoms with E-state index in [9.17, 15) is 2.74 Å². The van der Waals surface area contributed by atoms with Crippen LogP contribution in [0.25, 0.3) is 88.0 Å². The van der Waals surface area contributed by atoms with Crippen molar-refractivity contribution < 1.29 is 15.4 Å². The van der Waals surface area contributed by atoms with Gasteiger partial charge in [-0.1, -0.05) is 145 Å². The fraction of sp³-hybridized carbons (Fsp3) is 0. The Balaban J connectivity index is 1.36. The Kier molecular flexibility index (Phi) is 4.30. The lowest BCUT2D eigenvalue weighted by Gasteiger charge is -2.17. The van der Waals surface area contributed by atoms with E-state index in [0.717, 1.165) is 33.0 Å². The highest BCUT2D eigenvalue weighted by Crippen LogP contribution is 2.45. The predicted molar refractivity (Wildman–Crippen MR) is 190 cm³/mol. The molecule has 8 aromatic carbocycles. The van der Waals surface area contributed by atoms with Crippen LogP contribution in [-0.2, 0) is 0 Å². The summed E-state index contributed by atoms with van der Waals surface area (Å²) in [6.45, 7) is 0. The third-order valence-electron chi connectivity index (χ3n) is 8.52. The number of fused-ring (bicyclic) bond motifs is 5. The zero-order valence-corrected chi connectivity index (χ0v) is 24.0. The summed E-state index contributed by atoms with van der Waals surface area (Å²) in [7, 11) is 0. The van der Waals surface area contributed by atoms with E-state index >= 15 is 0 Å². The molecule has 1 heteroatoms. The minimum Gasteiger partial charge on any atom is -0.456 e. The number of hydrogen-bond acceptors (Lipinski definition) is 1. The van der Waals surface area contributed by atoms with E-state index in [1.807, 2.05) is 60.7 Å². The first-order valence-corrected chi connectivity index (χ1v) is 14.8. The van der Waals surface area contributed by atoms with Crippen molar-refractivity contribution in [2.45, 2.75) is 0 Å². The summed E-state index contributed by atoms with van der Waals surface area (Å²) in [5.41, 5.74) is 7.25. The molecule has 0 saturated carbocycles. The summed E-state index contributed by atoms with van der Waals surface area (Å²) in [6, 6.07) is 36.1. The van der Waals surface area contributed by atoms with E-state index in [1.54, 1.807) is 30.3 Å². The van der Waals surface area contributed by atoms with Gasteiger partial charge in [-0.3, -0.25) is 0 Å². The first-order valence-electron chi connectivity index (χ1n) is 18.8. The molecule has 0 aliphatic heterocycles. The molecule has 210 valence electrons. The molecule has 1 heterocycles. The van der Waals surface area contributed by atoms with Crippen molar-refractivity contribution in [3.63, 3.8) is 0 Å². The van der Waals surface area contributed by atoms with Crippen LogP contribution in [0.3, 0.4) is 0 Å². The highest BCUT2D eigenvalue weighted by molar-refractivity contribution is 6.22. The summed E-state index contributed by atoms with van der Waals surface area (Å²) in [6.07, 6.45) is 0. The first-order chi connectivity index (χ1) is 25.7. The van der Waals surface area contributed by atoms with Crippen LogP contribution in [0.4, 0.5) is 0 Å². The highest BCUT2D eigenvalue weighted by Gasteiger charge is 2.18. The Hall–Kier alpha value is -5.92. The van der Waals surface area contributed by atoms with Crippen molar-refractivity contribution >= 4 is 43.5 Å². The molecule has 1 nitrogen and oxygen atoms in total. The van der Waals surface area contributed by atoms with E-state index in [2.05, 4.69) is 30.3 Å². The minimum absolute atomic E-state index is 0.180. The van der Waals surface area contributed by atoms with Crippen LogP contribution in [-0.4, -0.2) is 0 Å². The standard InChI is InChI=1S/C44H28O/c1-3-13-29(14-4-1)33-17-7-8-18-34(33)31-23-25-35-40-27-32(24-26-41(40)45-42(35)28-31)44-38-21-11-9-19-36(38)43(30-15-5-2-6-16-30)37-20-10-12-22-39(37)44/h1-28H/i9D,10D,11D,12D,19D,20D,21D,22D. The second-order valence-electron chi connectivity index (χ2n) is 11.1. The van der Waals surface area contributed by atoms with Crippen LogP contribution in [0.5, 0.6) is 0 Å². The second-order valence-corrected chi connectivity index (χ2v) is 11.1. The van der Waals surface area contributed by atoms with E-state index in [-0.39, 0.29) is 45.7 Å². The molecule has 0 unspecified atom stereocenters. The Morgan fingerprint density at radius 3 is 1.49 bits per heavy atom. The quantitative estimate of drug-likeness (QED) is 0.189. The molecule has 9 aromatic rings. The van der Waals surface area contributed by atoms with Gasteiger partial charge < -0.3 is 4.42 Å². The number of rotatable bonds is 4. The number of hydrogen-bond donors (Lipinski definition) is 0. The van der Waals surface area contributed by atoms with Gasteiger partial charge in [0.15, 0.2) is 0 Å². The zero-order valence-electron chi connectivity index (χ0n) is 32.0. The normalized spacial score (nSPS) is 14.0. The lowest BCUT2D eigenvalue weighted by atomic mass is 9.86. The summed E-state index contributed by atoms with van der Waals surface area (Å²) < 4.78 is 77.8. The van der Waals surface area contributed by atoms with Crippen molar-refractivity contribution in [1.82, 2.24) is 0 Å². The number of furan rings is 1. The van der Waals surface area contributed by atoms with Crippen molar-refractivity contribution in [2.24, 2.45) is 0 Å². The minimum atomic E-state index is -0.430. The third-order valence-corrected chi connectivity index (χ3v) is 8.52. The molecule has 0 amide bonds. The average Bonchev–Trinajstić information content (AvgIpc) is 3.57. The Bertz CT molecular complexity index is 2890. The molecular formula is C44H28O. The molecule has 1 aromatic heterocycles. The number of benzene rings is 8. The topological polar surface area (TPSA) is 13.1 Å². The molecule has 0 aliphatic rings. The van der Waals surface area contributed by atoms with Gasteiger partial charge in [0, 0.05) is 10.8 Å². The van der Waals surface area contributed by atoms with E-state index in [1.165, 1.54) is 0 Å². The van der Waals surface area contributed by atoms with Crippen LogP contribution in [0, 0.1) is 0 Å². The molecule has 45 heavy (non-hydrogen) atoms. The van der Waals surface area contributed by atoms with Gasteiger partial charge in [-0.15, -0.1) is 0 Å². The Morgan fingerprint density at radius 2 is 0.867 bits per heavy atom. The van der Waals surface area contributed by atoms with Crippen molar-refractivity contribution in [2.75, 3.05) is 0 Å². The van der Waals surface area contributed by atoms with Gasteiger partial charge in [0.1, 0.15) is 11.2 Å². The van der Waals surface area contributed by atoms with Gasteiger partial charge >= 0.3 is 0 Å². The maximum Gasteiger partial charge on any atom is 0.136 e. The van der Waals surface area contributed by atoms with Crippen LogP contribution >= 0.6 is 0 Å². The van der Waals surface area contributed by atoms with Crippen LogP contribution in [0.15, 0.2) is 174 Å². The van der Waals surface area contributed by atoms with E-state index in [0.29, 0.717) is 33.4 Å². The van der Waals surface area contributed by atoms with Crippen LogP contribution < -0.4 is 0 Å². The first kappa shape index (κ1) is 18.7. The van der Waals surface area contributed by atoms with Crippen molar-refractivity contribution in [3.8, 4) is 44.5 Å². The van der Waals surface area contributed by atoms with E-state index < -0.39 is 24.2 Å². The summed E-state index contributed by atoms with van der Waals surface area (Å²) >= 11 is 0. The molecule has 9 rings (SSSR count). The fourth-order valence-electron chi connectivity index (χ4n) is 6.51. The van der Waals surface area contributed by atoms with Crippen molar-refractivity contribution in [1.29, 1.82) is 0 Å². The molecule has 0 bridgehead atoms. The van der Waals surface area contributed by atoms with E-state index in [4.69, 9.17) is 12.6 Å². The maximum atomic E-state index is 9.22. The van der Waals surface area contributed by atoms with Gasteiger partial charge in [-0.25, -0.2) is 0 Å². The molecule has 0 fully saturated rings. The average molecular weight is 581 g/mol. The van der Waals surface area contributed by atoms with Crippen molar-refractivity contribution in [3.05, 3.63) is 170 Å². The summed E-state index contributed by atoms with van der Waals surface area (Å²) in [5, 5.41) is 2.33. The lowest BCUT2D eigenvalue weighted by molar-refractivity contribution is 0.669. The SMILES string of the molecule is [2H]c1c([2H])c([2H])c2c(-c3ccc4oc5cc(-c6ccccc6-c6ccccc6)ccc5c4c3)c3c([2H])c([2H])c([2H])c([2H])c3c(-c3ccccc3)c2c1[2H]. The van der Waals surface area contributed by atoms with Crippen LogP contribution in [0.2, 0.25) is 0 Å². The maximum absolute atomic E-state index is 9.22. The smallest absolute Gasteiger partial charge is 0.136 e. The molecule has 0 spiro atoms. The molecule has 0 aliphatic carbocycles. The largest absolute Gasteiger partial charge is 0.456 e. The third kappa shape index (κ3) is 4.17. The summed E-state index contributed by atoms with van der Waals surface area (Å²) in [5.74, 6) is 0. The predicted octanol–water partition coefficient (Wildman–Crippen LogP) is 12.6. The van der Waals surface area contributed by atoms with Crippen LogP contribution in [0.1, 0.15) is 11.0 Å². The van der Waals surface area contributed by atoms with Gasteiger partial charge in [-0.2, -0.15) is 0 Å². The second kappa shape index (κ2) is 10.4. The van der Waals surface area contributed by atoms with Gasteiger partial charge in [0.2, 0.25) is 0 Å². The monoisotopic (exact) mass is 580 g/mol. The fourth-order valence-corrected chi connectivity index (χ4v) is 6.51. The molecule has 0 N–H and O–H groups in total. The molecule has 0 saturated heterocycles. The zero-order chi connectivity index (χ0) is 36.7. The Morgan fingerprint density at radius 1 is 0.356 bits per heavy atom. The Labute approximate surface area is 272 Å². The summed E-state index contributed by atoms with van der Waals surface area (Å²) in [4.78, 5) is 0. The molecule has 0 atom stereocenters. The molecule has 0 radical (unpaired) electrons. The van der Waals surface area contributed by atoms with Gasteiger partial charge in [0.05, 0.1) is 11.0 Å².